The van der Waals surface area contributed by atoms with Crippen molar-refractivity contribution >= 4 is 61.4 Å². The summed E-state index contributed by atoms with van der Waals surface area (Å²) in [4.78, 5) is 47.7. The van der Waals surface area contributed by atoms with Gasteiger partial charge in [0.05, 0.1) is 29.8 Å². The topological polar surface area (TPSA) is 185 Å². The molecule has 0 saturated heterocycles. The molecule has 2 aromatic carbocycles. The molecule has 4 rings (SSSR count). The van der Waals surface area contributed by atoms with Crippen molar-refractivity contribution < 1.29 is 28.2 Å². The van der Waals surface area contributed by atoms with E-state index in [1.807, 2.05) is 0 Å². The number of carbonyl (C=O) groups is 3. The van der Waals surface area contributed by atoms with Crippen molar-refractivity contribution in [1.29, 1.82) is 5.41 Å². The van der Waals surface area contributed by atoms with E-state index >= 15 is 0 Å². The minimum atomic E-state index is -1.77. The van der Waals surface area contributed by atoms with Crippen LogP contribution in [0.1, 0.15) is 29.5 Å². The molecule has 2 aliphatic rings. The Morgan fingerprint density at radius 2 is 1.95 bits per heavy atom. The number of fused-ring (bicyclic) bond motifs is 1. The lowest BCUT2D eigenvalue weighted by molar-refractivity contribution is -0.144. The predicted octanol–water partition coefficient (Wildman–Crippen LogP) is 0.115. The summed E-state index contributed by atoms with van der Waals surface area (Å²) in [6, 6.07) is 12.5. The molecule has 0 saturated carbocycles. The van der Waals surface area contributed by atoms with E-state index in [1.54, 1.807) is 48.5 Å². The van der Waals surface area contributed by atoms with Crippen LogP contribution in [0.25, 0.3) is 0 Å². The van der Waals surface area contributed by atoms with E-state index < -0.39 is 39.9 Å². The van der Waals surface area contributed by atoms with Gasteiger partial charge in [-0.1, -0.05) is 47.6 Å². The van der Waals surface area contributed by atoms with Crippen LogP contribution < -0.4 is 16.4 Å². The maximum Gasteiger partial charge on any atom is 0.330 e. The molecule has 2 aliphatic heterocycles. The van der Waals surface area contributed by atoms with Gasteiger partial charge < -0.3 is 25.9 Å². The summed E-state index contributed by atoms with van der Waals surface area (Å²) in [5.41, 5.74) is 8.36. The number of nitrogen functional groups attached to an aromatic ring is 1. The first-order valence-electron chi connectivity index (χ1n) is 11.8. The molecule has 0 radical (unpaired) electrons. The summed E-state index contributed by atoms with van der Waals surface area (Å²) in [5, 5.41) is 16.6. The largest absolute Gasteiger partial charge is 0.467 e. The van der Waals surface area contributed by atoms with E-state index in [2.05, 4.69) is 26.7 Å². The SMILES string of the molecule is C=S(=O)=C1C(C(=O)NC(CNC(=O)CC2CC(c3ccc(C(=N)N)cc3)=NO2)C(=O)OC)=Nc2ccccc21. The molecule has 2 amide bonds. The van der Waals surface area contributed by atoms with Crippen molar-refractivity contribution in [2.24, 2.45) is 15.9 Å². The molecular formula is C26H26N6O6S. The number of methoxy groups -OCH3 is 1. The Labute approximate surface area is 225 Å². The lowest BCUT2D eigenvalue weighted by Crippen LogP contribution is -2.51. The molecule has 2 atom stereocenters. The monoisotopic (exact) mass is 550 g/mol. The summed E-state index contributed by atoms with van der Waals surface area (Å²) in [6.45, 7) is -0.257. The molecule has 2 unspecified atom stereocenters. The van der Waals surface area contributed by atoms with Gasteiger partial charge in [0.25, 0.3) is 5.91 Å². The zero-order chi connectivity index (χ0) is 28.1. The van der Waals surface area contributed by atoms with Crippen LogP contribution >= 0.6 is 0 Å². The molecule has 13 heteroatoms. The van der Waals surface area contributed by atoms with Crippen LogP contribution in [0.3, 0.4) is 0 Å². The second-order valence-corrected chi connectivity index (χ2v) is 9.77. The van der Waals surface area contributed by atoms with E-state index in [1.165, 1.54) is 0 Å². The van der Waals surface area contributed by atoms with Crippen molar-refractivity contribution in [3.05, 3.63) is 65.2 Å². The van der Waals surface area contributed by atoms with Gasteiger partial charge in [0, 0.05) is 34.1 Å². The number of ether oxygens (including phenoxy) is 1. The van der Waals surface area contributed by atoms with E-state index in [9.17, 15) is 18.6 Å². The molecular weight excluding hydrogens is 524 g/mol. The number of esters is 1. The Bertz CT molecular complexity index is 1540. The van der Waals surface area contributed by atoms with Crippen molar-refractivity contribution in [2.45, 2.75) is 25.0 Å². The van der Waals surface area contributed by atoms with Gasteiger partial charge in [0.1, 0.15) is 23.7 Å². The number of amidine groups is 1. The third kappa shape index (κ3) is 6.21. The average molecular weight is 551 g/mol. The lowest BCUT2D eigenvalue weighted by atomic mass is 10.0. The van der Waals surface area contributed by atoms with Crippen molar-refractivity contribution in [3.63, 3.8) is 0 Å². The predicted molar refractivity (Wildman–Crippen MR) is 148 cm³/mol. The number of hydrogen-bond acceptors (Lipinski definition) is 9. The fourth-order valence-corrected chi connectivity index (χ4v) is 4.83. The van der Waals surface area contributed by atoms with Gasteiger partial charge >= 0.3 is 5.97 Å². The lowest BCUT2D eigenvalue weighted by Gasteiger charge is -2.17. The maximum atomic E-state index is 13.0. The molecule has 0 aromatic heterocycles. The molecule has 39 heavy (non-hydrogen) atoms. The van der Waals surface area contributed by atoms with E-state index in [-0.39, 0.29) is 29.4 Å². The van der Waals surface area contributed by atoms with E-state index in [0.29, 0.717) is 28.9 Å². The van der Waals surface area contributed by atoms with Crippen LogP contribution in [-0.2, 0) is 33.9 Å². The summed E-state index contributed by atoms with van der Waals surface area (Å²) >= 11 is 0. The second-order valence-electron chi connectivity index (χ2n) is 8.67. The Morgan fingerprint density at radius 1 is 1.23 bits per heavy atom. The van der Waals surface area contributed by atoms with Gasteiger partial charge in [0.15, 0.2) is 0 Å². The van der Waals surface area contributed by atoms with Crippen LogP contribution in [0.2, 0.25) is 0 Å². The molecule has 0 fully saturated rings. The average Bonchev–Trinajstić information content (AvgIpc) is 3.55. The standard InChI is InChI=1S/C26H26N6O6S/c1-37-26(35)20(31-25(34)22-23(39(2)36)17-5-3-4-6-18(17)30-22)13-29-21(33)12-16-11-19(32-38-16)14-7-9-15(10-8-14)24(27)28/h3-10,16,20H,2,11-13H2,1H3,(H3,27,28)(H,29,33)(H,31,34). The molecule has 2 heterocycles. The molecule has 0 bridgehead atoms. The summed E-state index contributed by atoms with van der Waals surface area (Å²) < 4.78 is 17.0. The van der Waals surface area contributed by atoms with Gasteiger partial charge in [-0.05, 0) is 17.5 Å². The Hall–Kier alpha value is -4.78. The number of nitrogens with zero attached hydrogens (tertiary/aromatic N) is 2. The number of nitrogens with two attached hydrogens (primary N) is 1. The third-order valence-electron chi connectivity index (χ3n) is 6.01. The molecule has 202 valence electrons. The number of amides is 2. The number of aliphatic imine (C=N–C) groups is 1. The highest BCUT2D eigenvalue weighted by atomic mass is 32.1. The second kappa shape index (κ2) is 11.7. The van der Waals surface area contributed by atoms with E-state index in [4.69, 9.17) is 20.7 Å². The zero-order valence-corrected chi connectivity index (χ0v) is 21.7. The van der Waals surface area contributed by atoms with Crippen LogP contribution in [0.15, 0.2) is 58.7 Å². The smallest absolute Gasteiger partial charge is 0.330 e. The highest BCUT2D eigenvalue weighted by Crippen LogP contribution is 2.26. The quantitative estimate of drug-likeness (QED) is 0.148. The minimum absolute atomic E-state index is 0.0409. The molecule has 0 aliphatic carbocycles. The van der Waals surface area contributed by atoms with Crippen molar-refractivity contribution in [2.75, 3.05) is 13.7 Å². The van der Waals surface area contributed by atoms with Gasteiger partial charge in [-0.15, -0.1) is 0 Å². The van der Waals surface area contributed by atoms with Crippen LogP contribution in [-0.4, -0.2) is 75.8 Å². The molecule has 12 nitrogen and oxygen atoms in total. The Balaban J connectivity index is 1.34. The van der Waals surface area contributed by atoms with Crippen molar-refractivity contribution in [1.82, 2.24) is 10.6 Å². The number of para-hydroxylation sites is 1. The fraction of sp³-hybridized carbons (Fsp3) is 0.231. The number of benzene rings is 2. The maximum absolute atomic E-state index is 13.0. The van der Waals surface area contributed by atoms with Gasteiger partial charge in [-0.25, -0.2) is 14.0 Å². The third-order valence-corrected chi connectivity index (χ3v) is 6.88. The minimum Gasteiger partial charge on any atom is -0.467 e. The number of carbonyl (C=O) groups excluding carboxylic acids is 3. The van der Waals surface area contributed by atoms with Crippen LogP contribution in [0.4, 0.5) is 5.69 Å². The highest BCUT2D eigenvalue weighted by molar-refractivity contribution is 7.85. The molecule has 0 spiro atoms. The zero-order valence-electron chi connectivity index (χ0n) is 20.9. The normalized spacial score (nSPS) is 16.2. The highest BCUT2D eigenvalue weighted by Gasteiger charge is 2.32. The number of nitrogens with one attached hydrogen (secondary N) is 3. The van der Waals surface area contributed by atoms with Crippen LogP contribution in [0, 0.1) is 5.41 Å². The van der Waals surface area contributed by atoms with Gasteiger partial charge in [0.2, 0.25) is 5.91 Å². The number of rotatable bonds is 9. The number of oxime groups is 1. The Kier molecular flexibility index (Phi) is 8.20. The summed E-state index contributed by atoms with van der Waals surface area (Å²) in [7, 11) is -0.610. The van der Waals surface area contributed by atoms with Crippen molar-refractivity contribution in [3.8, 4) is 0 Å². The van der Waals surface area contributed by atoms with Gasteiger partial charge in [-0.2, -0.15) is 0 Å². The first kappa shape index (κ1) is 27.3. The van der Waals surface area contributed by atoms with Gasteiger partial charge in [-0.3, -0.25) is 15.0 Å². The first-order chi connectivity index (χ1) is 18.7. The summed E-state index contributed by atoms with van der Waals surface area (Å²) in [5.74, 6) is 1.51. The Morgan fingerprint density at radius 3 is 2.62 bits per heavy atom. The van der Waals surface area contributed by atoms with E-state index in [0.717, 1.165) is 12.7 Å². The summed E-state index contributed by atoms with van der Waals surface area (Å²) in [6.07, 6.45) is -0.180. The first-order valence-corrected chi connectivity index (χ1v) is 13.1. The number of hydrogen-bond donors (Lipinski definition) is 4. The molecule has 2 aromatic rings. The molecule has 5 N–H and O–H groups in total. The van der Waals surface area contributed by atoms with Crippen LogP contribution in [0.5, 0.6) is 0 Å². The fourth-order valence-electron chi connectivity index (χ4n) is 4.05.